The zero-order chi connectivity index (χ0) is 15.5. The van der Waals surface area contributed by atoms with Crippen LogP contribution in [0.5, 0.6) is 0 Å². The van der Waals surface area contributed by atoms with Crippen molar-refractivity contribution >= 4 is 28.5 Å². The number of aromatic nitrogens is 2. The van der Waals surface area contributed by atoms with Gasteiger partial charge < -0.3 is 10.4 Å². The Morgan fingerprint density at radius 1 is 1.45 bits per heavy atom. The number of nitrogens with zero attached hydrogens (tertiary/aromatic N) is 2. The number of aromatic amines is 1. The molecule has 3 N–H and O–H groups in total. The van der Waals surface area contributed by atoms with Gasteiger partial charge in [-0.05, 0) is 18.6 Å². The lowest BCUT2D eigenvalue weighted by Gasteiger charge is -2.14. The number of carbonyl (C=O) groups is 2. The van der Waals surface area contributed by atoms with Crippen LogP contribution in [-0.4, -0.2) is 46.8 Å². The molecule has 1 aliphatic heterocycles. The van der Waals surface area contributed by atoms with Crippen molar-refractivity contribution in [1.82, 2.24) is 15.5 Å². The van der Waals surface area contributed by atoms with Crippen molar-refractivity contribution in [3.05, 3.63) is 24.3 Å². The molecule has 0 spiro atoms. The molecular formula is C15H18N4O3. The maximum atomic E-state index is 12.2. The Bertz CT molecular complexity index is 697. The minimum Gasteiger partial charge on any atom is -0.396 e. The van der Waals surface area contributed by atoms with E-state index in [1.54, 1.807) is 4.90 Å². The summed E-state index contributed by atoms with van der Waals surface area (Å²) in [6.07, 6.45) is 0.701. The molecule has 0 bridgehead atoms. The van der Waals surface area contributed by atoms with Crippen molar-refractivity contribution in [2.45, 2.75) is 12.8 Å². The summed E-state index contributed by atoms with van der Waals surface area (Å²) in [5, 5.41) is 19.5. The van der Waals surface area contributed by atoms with E-state index in [9.17, 15) is 9.59 Å². The molecule has 7 nitrogen and oxygen atoms in total. The van der Waals surface area contributed by atoms with Crippen LogP contribution < -0.4 is 10.2 Å². The zero-order valence-electron chi connectivity index (χ0n) is 12.1. The second-order valence-corrected chi connectivity index (χ2v) is 5.37. The highest BCUT2D eigenvalue weighted by Crippen LogP contribution is 2.29. The van der Waals surface area contributed by atoms with E-state index in [1.165, 1.54) is 0 Å². The second-order valence-electron chi connectivity index (χ2n) is 5.37. The van der Waals surface area contributed by atoms with Gasteiger partial charge in [0.05, 0.1) is 11.4 Å². The summed E-state index contributed by atoms with van der Waals surface area (Å²) in [4.78, 5) is 25.8. The number of aliphatic hydroxyl groups excluding tert-OH is 1. The van der Waals surface area contributed by atoms with Gasteiger partial charge >= 0.3 is 0 Å². The molecule has 0 unspecified atom stereocenters. The van der Waals surface area contributed by atoms with E-state index < -0.39 is 0 Å². The summed E-state index contributed by atoms with van der Waals surface area (Å²) < 4.78 is 0. The Kier molecular flexibility index (Phi) is 4.06. The third kappa shape index (κ3) is 2.67. The topological polar surface area (TPSA) is 98.3 Å². The summed E-state index contributed by atoms with van der Waals surface area (Å²) in [5.74, 6) is -0.0448. The molecule has 116 valence electrons. The van der Waals surface area contributed by atoms with Gasteiger partial charge in [0.15, 0.2) is 5.82 Å². The average molecular weight is 302 g/mol. The summed E-state index contributed by atoms with van der Waals surface area (Å²) in [6, 6.07) is 7.58. The van der Waals surface area contributed by atoms with Crippen LogP contribution >= 0.6 is 0 Å². The first-order chi connectivity index (χ1) is 10.7. The minimum absolute atomic E-state index is 0.0370. The lowest BCUT2D eigenvalue weighted by Crippen LogP contribution is -2.33. The Morgan fingerprint density at radius 3 is 3.09 bits per heavy atom. The number of nitrogens with one attached hydrogen (secondary N) is 2. The molecule has 1 aliphatic rings. The first-order valence-corrected chi connectivity index (χ1v) is 7.32. The van der Waals surface area contributed by atoms with Crippen LogP contribution in [0.1, 0.15) is 12.8 Å². The lowest BCUT2D eigenvalue weighted by molar-refractivity contribution is -0.126. The maximum absolute atomic E-state index is 12.2. The van der Waals surface area contributed by atoms with E-state index in [0.29, 0.717) is 25.3 Å². The molecular weight excluding hydrogens is 284 g/mol. The predicted molar refractivity (Wildman–Crippen MR) is 81.3 cm³/mol. The van der Waals surface area contributed by atoms with Gasteiger partial charge in [0.1, 0.15) is 0 Å². The monoisotopic (exact) mass is 302 g/mol. The van der Waals surface area contributed by atoms with Crippen molar-refractivity contribution in [1.29, 1.82) is 0 Å². The number of hydrogen-bond donors (Lipinski definition) is 3. The van der Waals surface area contributed by atoms with Crippen LogP contribution in [0, 0.1) is 5.92 Å². The van der Waals surface area contributed by atoms with Gasteiger partial charge in [-0.25, -0.2) is 0 Å². The molecule has 1 aromatic carbocycles. The number of para-hydroxylation sites is 1. The largest absolute Gasteiger partial charge is 0.396 e. The van der Waals surface area contributed by atoms with Gasteiger partial charge in [-0.15, -0.1) is 0 Å². The van der Waals surface area contributed by atoms with Crippen LogP contribution in [0.3, 0.4) is 0 Å². The standard InChI is InChI=1S/C15H18N4O3/c20-7-3-6-16-15(22)10-8-13(21)19(9-10)14-11-4-1-2-5-12(11)17-18-14/h1-2,4-5,10,20H,3,6-9H2,(H,16,22)(H,17,18)/t10-/m0/s1. The molecule has 1 fully saturated rings. The summed E-state index contributed by atoms with van der Waals surface area (Å²) in [5.41, 5.74) is 0.862. The Hall–Kier alpha value is -2.41. The molecule has 1 atom stereocenters. The second kappa shape index (κ2) is 6.15. The molecule has 2 aromatic rings. The van der Waals surface area contributed by atoms with E-state index in [1.807, 2.05) is 24.3 Å². The summed E-state index contributed by atoms with van der Waals surface area (Å²) >= 11 is 0. The highest BCUT2D eigenvalue weighted by molar-refractivity contribution is 6.05. The Labute approximate surface area is 127 Å². The van der Waals surface area contributed by atoms with Crippen molar-refractivity contribution in [2.75, 3.05) is 24.6 Å². The van der Waals surface area contributed by atoms with Crippen LogP contribution in [0.2, 0.25) is 0 Å². The van der Waals surface area contributed by atoms with Gasteiger partial charge in [0, 0.05) is 31.5 Å². The molecule has 22 heavy (non-hydrogen) atoms. The third-order valence-corrected chi connectivity index (χ3v) is 3.84. The van der Waals surface area contributed by atoms with E-state index in [4.69, 9.17) is 5.11 Å². The van der Waals surface area contributed by atoms with E-state index in [2.05, 4.69) is 15.5 Å². The Balaban J connectivity index is 1.73. The lowest BCUT2D eigenvalue weighted by atomic mass is 10.1. The molecule has 1 aromatic heterocycles. The van der Waals surface area contributed by atoms with Gasteiger partial charge in [0.2, 0.25) is 11.8 Å². The zero-order valence-corrected chi connectivity index (χ0v) is 12.1. The highest BCUT2D eigenvalue weighted by atomic mass is 16.3. The number of H-pyrrole nitrogens is 1. The van der Waals surface area contributed by atoms with Gasteiger partial charge in [-0.2, -0.15) is 5.10 Å². The number of hydrogen-bond acceptors (Lipinski definition) is 4. The summed E-state index contributed by atoms with van der Waals surface area (Å²) in [6.45, 7) is 0.791. The van der Waals surface area contributed by atoms with E-state index >= 15 is 0 Å². The van der Waals surface area contributed by atoms with Crippen molar-refractivity contribution in [3.8, 4) is 0 Å². The first kappa shape index (κ1) is 14.5. The molecule has 2 amide bonds. The number of aliphatic hydroxyl groups is 1. The first-order valence-electron chi connectivity index (χ1n) is 7.32. The summed E-state index contributed by atoms with van der Waals surface area (Å²) in [7, 11) is 0. The van der Waals surface area contributed by atoms with Gasteiger partial charge in [0.25, 0.3) is 0 Å². The molecule has 1 saturated heterocycles. The van der Waals surface area contributed by atoms with Crippen molar-refractivity contribution < 1.29 is 14.7 Å². The fraction of sp³-hybridized carbons (Fsp3) is 0.400. The van der Waals surface area contributed by atoms with E-state index in [-0.39, 0.29) is 30.8 Å². The molecule has 2 heterocycles. The minimum atomic E-state index is -0.373. The maximum Gasteiger partial charge on any atom is 0.229 e. The number of anilines is 1. The Morgan fingerprint density at radius 2 is 2.27 bits per heavy atom. The number of carbonyl (C=O) groups excluding carboxylic acids is 2. The molecule has 0 radical (unpaired) electrons. The quantitative estimate of drug-likeness (QED) is 0.697. The van der Waals surface area contributed by atoms with Crippen LogP contribution in [0.15, 0.2) is 24.3 Å². The van der Waals surface area contributed by atoms with Gasteiger partial charge in [-0.1, -0.05) is 12.1 Å². The number of fused-ring (bicyclic) bond motifs is 1. The molecule has 3 rings (SSSR count). The fourth-order valence-electron chi connectivity index (χ4n) is 2.68. The number of amides is 2. The van der Waals surface area contributed by atoms with Gasteiger partial charge in [-0.3, -0.25) is 19.6 Å². The van der Waals surface area contributed by atoms with E-state index in [0.717, 1.165) is 10.9 Å². The molecule has 0 aliphatic carbocycles. The normalized spacial score (nSPS) is 18.1. The fourth-order valence-corrected chi connectivity index (χ4v) is 2.68. The van der Waals surface area contributed by atoms with Crippen LogP contribution in [0.25, 0.3) is 10.9 Å². The van der Waals surface area contributed by atoms with Crippen molar-refractivity contribution in [3.63, 3.8) is 0 Å². The van der Waals surface area contributed by atoms with Crippen molar-refractivity contribution in [2.24, 2.45) is 5.92 Å². The van der Waals surface area contributed by atoms with Crippen LogP contribution in [0.4, 0.5) is 5.82 Å². The third-order valence-electron chi connectivity index (χ3n) is 3.84. The number of rotatable bonds is 5. The highest BCUT2D eigenvalue weighted by Gasteiger charge is 2.36. The smallest absolute Gasteiger partial charge is 0.229 e. The predicted octanol–water partition coefficient (Wildman–Crippen LogP) is 0.414. The number of benzene rings is 1. The van der Waals surface area contributed by atoms with Crippen LogP contribution in [-0.2, 0) is 9.59 Å². The molecule has 7 heteroatoms. The average Bonchev–Trinajstić information content (AvgIpc) is 3.10. The molecule has 0 saturated carbocycles. The SMILES string of the molecule is O=C(NCCCO)[C@H]1CC(=O)N(c2n[nH]c3ccccc23)C1.